The van der Waals surface area contributed by atoms with Gasteiger partial charge in [0.2, 0.25) is 15.9 Å². The van der Waals surface area contributed by atoms with E-state index in [2.05, 4.69) is 0 Å². The summed E-state index contributed by atoms with van der Waals surface area (Å²) in [5, 5.41) is 0. The molecule has 0 aliphatic heterocycles. The Bertz CT molecular complexity index is 1140. The summed E-state index contributed by atoms with van der Waals surface area (Å²) in [7, 11) is -2.02. The van der Waals surface area contributed by atoms with Gasteiger partial charge in [0.15, 0.2) is 0 Å². The Balaban J connectivity index is 1.78. The molecule has 0 unspecified atom stereocenters. The van der Waals surface area contributed by atoms with Crippen LogP contribution in [0.15, 0.2) is 78.9 Å². The van der Waals surface area contributed by atoms with Crippen molar-refractivity contribution in [3.05, 3.63) is 90.0 Å². The Labute approximate surface area is 190 Å². The smallest absolute Gasteiger partial charge is 0.246 e. The Morgan fingerprint density at radius 3 is 2.03 bits per heavy atom. The fourth-order valence-electron chi connectivity index (χ4n) is 3.45. The van der Waals surface area contributed by atoms with E-state index in [4.69, 9.17) is 4.74 Å². The van der Waals surface area contributed by atoms with Gasteiger partial charge in [0.1, 0.15) is 17.5 Å². The normalized spacial score (nSPS) is 12.1. The third-order valence-electron chi connectivity index (χ3n) is 5.05. The maximum absolute atomic E-state index is 13.1. The first-order valence-corrected chi connectivity index (χ1v) is 12.1. The van der Waals surface area contributed by atoms with Gasteiger partial charge in [0.05, 0.1) is 11.9 Å². The second-order valence-electron chi connectivity index (χ2n) is 7.82. The molecule has 0 N–H and O–H groups in total. The number of carbonyl (C=O) groups excluding carboxylic acids is 1. The number of rotatable bonds is 8. The molecule has 0 aromatic heterocycles. The number of ether oxygens (including phenoxy) is 1. The van der Waals surface area contributed by atoms with Crippen LogP contribution in [0.3, 0.4) is 0 Å². The van der Waals surface area contributed by atoms with Crippen molar-refractivity contribution in [3.8, 4) is 11.5 Å². The standard InChI is InChI=1S/C25H28N2O4S/c1-19-10-12-21(13-11-19)18-26(3)25(28)20(2)27(32(4,29)30)22-14-16-24(17-15-22)31-23-8-6-5-7-9-23/h5-17,20H,18H2,1-4H3/t20-/m0/s1. The SMILES string of the molecule is Cc1ccc(CN(C)C(=O)[C@H](C)N(c2ccc(Oc3ccccc3)cc2)S(C)(=O)=O)cc1. The van der Waals surface area contributed by atoms with Crippen LogP contribution in [-0.4, -0.2) is 38.6 Å². The van der Waals surface area contributed by atoms with Gasteiger partial charge in [-0.2, -0.15) is 0 Å². The molecule has 7 heteroatoms. The lowest BCUT2D eigenvalue weighted by molar-refractivity contribution is -0.131. The molecular formula is C25H28N2O4S. The molecule has 0 radical (unpaired) electrons. The van der Waals surface area contributed by atoms with E-state index < -0.39 is 16.1 Å². The zero-order chi connectivity index (χ0) is 23.3. The number of aryl methyl sites for hydroxylation is 1. The molecule has 168 valence electrons. The lowest BCUT2D eigenvalue weighted by atomic mass is 10.1. The van der Waals surface area contributed by atoms with E-state index >= 15 is 0 Å². The van der Waals surface area contributed by atoms with Crippen LogP contribution in [0.25, 0.3) is 0 Å². The molecule has 0 saturated carbocycles. The quantitative estimate of drug-likeness (QED) is 0.501. The molecule has 0 aliphatic carbocycles. The lowest BCUT2D eigenvalue weighted by Gasteiger charge is -2.31. The van der Waals surface area contributed by atoms with Crippen LogP contribution in [-0.2, 0) is 21.4 Å². The van der Waals surface area contributed by atoms with Gasteiger partial charge >= 0.3 is 0 Å². The summed E-state index contributed by atoms with van der Waals surface area (Å²) in [6.07, 6.45) is 1.10. The average molecular weight is 453 g/mol. The van der Waals surface area contributed by atoms with Gasteiger partial charge in [-0.3, -0.25) is 9.10 Å². The van der Waals surface area contributed by atoms with Crippen molar-refractivity contribution in [1.82, 2.24) is 4.90 Å². The van der Waals surface area contributed by atoms with Crippen LogP contribution in [0.2, 0.25) is 0 Å². The summed E-state index contributed by atoms with van der Waals surface area (Å²) in [5.41, 5.74) is 2.52. The van der Waals surface area contributed by atoms with Crippen molar-refractivity contribution in [1.29, 1.82) is 0 Å². The van der Waals surface area contributed by atoms with Crippen LogP contribution >= 0.6 is 0 Å². The van der Waals surface area contributed by atoms with E-state index in [1.807, 2.05) is 61.5 Å². The van der Waals surface area contributed by atoms with E-state index in [-0.39, 0.29) is 5.91 Å². The molecule has 6 nitrogen and oxygen atoms in total. The zero-order valence-corrected chi connectivity index (χ0v) is 19.5. The molecular weight excluding hydrogens is 424 g/mol. The van der Waals surface area contributed by atoms with Crippen molar-refractivity contribution >= 4 is 21.6 Å². The van der Waals surface area contributed by atoms with Crippen molar-refractivity contribution < 1.29 is 17.9 Å². The molecule has 0 saturated heterocycles. The number of para-hydroxylation sites is 1. The van der Waals surface area contributed by atoms with Gasteiger partial charge in [-0.05, 0) is 55.8 Å². The molecule has 1 amide bonds. The first-order valence-electron chi connectivity index (χ1n) is 10.3. The third kappa shape index (κ3) is 5.88. The molecule has 0 aliphatic rings. The number of likely N-dealkylation sites (N-methyl/N-ethyl adjacent to an activating group) is 1. The van der Waals surface area contributed by atoms with Crippen molar-refractivity contribution in [2.45, 2.75) is 26.4 Å². The highest BCUT2D eigenvalue weighted by Crippen LogP contribution is 2.27. The van der Waals surface area contributed by atoms with Crippen LogP contribution in [0, 0.1) is 6.92 Å². The van der Waals surface area contributed by atoms with Crippen LogP contribution in [0.4, 0.5) is 5.69 Å². The highest BCUT2D eigenvalue weighted by atomic mass is 32.2. The molecule has 3 rings (SSSR count). The number of nitrogens with zero attached hydrogens (tertiary/aromatic N) is 2. The van der Waals surface area contributed by atoms with Crippen LogP contribution in [0.5, 0.6) is 11.5 Å². The molecule has 32 heavy (non-hydrogen) atoms. The minimum atomic E-state index is -3.70. The first kappa shape index (κ1) is 23.3. The Kier molecular flexibility index (Phi) is 7.20. The number of sulfonamides is 1. The maximum Gasteiger partial charge on any atom is 0.246 e. The molecule has 0 heterocycles. The van der Waals surface area contributed by atoms with Gasteiger partial charge in [-0.25, -0.2) is 8.42 Å². The summed E-state index contributed by atoms with van der Waals surface area (Å²) in [6.45, 7) is 4.00. The van der Waals surface area contributed by atoms with Gasteiger partial charge in [0.25, 0.3) is 0 Å². The molecule has 0 fully saturated rings. The summed E-state index contributed by atoms with van der Waals surface area (Å²) < 4.78 is 32.1. The number of anilines is 1. The Hall–Kier alpha value is -3.32. The largest absolute Gasteiger partial charge is 0.457 e. The van der Waals surface area contributed by atoms with Crippen molar-refractivity contribution in [2.24, 2.45) is 0 Å². The lowest BCUT2D eigenvalue weighted by Crippen LogP contribution is -2.48. The third-order valence-corrected chi connectivity index (χ3v) is 6.29. The number of hydrogen-bond acceptors (Lipinski definition) is 4. The van der Waals surface area contributed by atoms with E-state index in [1.165, 1.54) is 0 Å². The minimum Gasteiger partial charge on any atom is -0.457 e. The zero-order valence-electron chi connectivity index (χ0n) is 18.7. The topological polar surface area (TPSA) is 66.9 Å². The Morgan fingerprint density at radius 1 is 0.906 bits per heavy atom. The second-order valence-corrected chi connectivity index (χ2v) is 9.68. The van der Waals surface area contributed by atoms with E-state index in [1.54, 1.807) is 43.1 Å². The summed E-state index contributed by atoms with van der Waals surface area (Å²) in [5.74, 6) is 0.964. The predicted molar refractivity (Wildman–Crippen MR) is 127 cm³/mol. The number of benzene rings is 3. The summed E-state index contributed by atoms with van der Waals surface area (Å²) >= 11 is 0. The van der Waals surface area contributed by atoms with Gasteiger partial charge in [-0.15, -0.1) is 0 Å². The van der Waals surface area contributed by atoms with Gasteiger partial charge in [0, 0.05) is 13.6 Å². The fraction of sp³-hybridized carbons (Fsp3) is 0.240. The number of carbonyl (C=O) groups is 1. The highest BCUT2D eigenvalue weighted by Gasteiger charge is 2.31. The summed E-state index contributed by atoms with van der Waals surface area (Å²) in [6, 6.07) is 23.0. The average Bonchev–Trinajstić information content (AvgIpc) is 2.76. The minimum absolute atomic E-state index is 0.291. The molecule has 3 aromatic rings. The molecule has 0 spiro atoms. The monoisotopic (exact) mass is 452 g/mol. The van der Waals surface area contributed by atoms with Crippen molar-refractivity contribution in [3.63, 3.8) is 0 Å². The first-order chi connectivity index (χ1) is 15.1. The number of amides is 1. The fourth-order valence-corrected chi connectivity index (χ4v) is 4.62. The van der Waals surface area contributed by atoms with Gasteiger partial charge < -0.3 is 9.64 Å². The molecule has 0 bridgehead atoms. The number of hydrogen-bond donors (Lipinski definition) is 0. The maximum atomic E-state index is 13.1. The van der Waals surface area contributed by atoms with E-state index in [9.17, 15) is 13.2 Å². The van der Waals surface area contributed by atoms with Crippen LogP contribution < -0.4 is 9.04 Å². The summed E-state index contributed by atoms with van der Waals surface area (Å²) in [4.78, 5) is 14.6. The Morgan fingerprint density at radius 2 is 1.47 bits per heavy atom. The van der Waals surface area contributed by atoms with Crippen molar-refractivity contribution in [2.75, 3.05) is 17.6 Å². The predicted octanol–water partition coefficient (Wildman–Crippen LogP) is 4.60. The van der Waals surface area contributed by atoms with E-state index in [0.29, 0.717) is 23.7 Å². The molecule has 3 aromatic carbocycles. The highest BCUT2D eigenvalue weighted by molar-refractivity contribution is 7.92. The van der Waals surface area contributed by atoms with Gasteiger partial charge in [-0.1, -0.05) is 48.0 Å². The van der Waals surface area contributed by atoms with Crippen LogP contribution in [0.1, 0.15) is 18.1 Å². The molecule has 1 atom stereocenters. The van der Waals surface area contributed by atoms with E-state index in [0.717, 1.165) is 21.7 Å². The second kappa shape index (κ2) is 9.87.